The second-order valence-electron chi connectivity index (χ2n) is 3.64. The maximum atomic E-state index is 11.7. The molecule has 0 saturated heterocycles. The summed E-state index contributed by atoms with van der Waals surface area (Å²) in [6.07, 6.45) is 0.926. The van der Waals surface area contributed by atoms with Gasteiger partial charge in [0, 0.05) is 30.3 Å². The van der Waals surface area contributed by atoms with E-state index in [1.807, 2.05) is 20.0 Å². The van der Waals surface area contributed by atoms with E-state index < -0.39 is 0 Å². The van der Waals surface area contributed by atoms with Crippen LogP contribution in [0.25, 0.3) is 0 Å². The van der Waals surface area contributed by atoms with Gasteiger partial charge in [-0.05, 0) is 17.9 Å². The van der Waals surface area contributed by atoms with Crippen molar-refractivity contribution in [3.05, 3.63) is 22.4 Å². The molecule has 1 rings (SSSR count). The van der Waals surface area contributed by atoms with Gasteiger partial charge in [0.25, 0.3) is 0 Å². The maximum Gasteiger partial charge on any atom is 0.226 e. The van der Waals surface area contributed by atoms with E-state index in [9.17, 15) is 4.79 Å². The van der Waals surface area contributed by atoms with E-state index >= 15 is 0 Å². The van der Waals surface area contributed by atoms with E-state index in [2.05, 4.69) is 11.4 Å². The highest BCUT2D eigenvalue weighted by Crippen LogP contribution is 2.10. The zero-order chi connectivity index (χ0) is 11.3. The lowest BCUT2D eigenvalue weighted by molar-refractivity contribution is -0.132. The topological polar surface area (TPSA) is 20.3 Å². The summed E-state index contributed by atoms with van der Waals surface area (Å²) in [7, 11) is 1.83. The second-order valence-corrected chi connectivity index (χ2v) is 4.99. The van der Waals surface area contributed by atoms with Crippen LogP contribution in [0, 0.1) is 5.92 Å². The molecular weight excluding hydrogens is 230 g/mol. The summed E-state index contributed by atoms with van der Waals surface area (Å²) in [5, 5.41) is 2.05. The summed E-state index contributed by atoms with van der Waals surface area (Å²) in [6, 6.07) is 4.12. The number of rotatable bonds is 5. The van der Waals surface area contributed by atoms with Gasteiger partial charge in [0.15, 0.2) is 0 Å². The van der Waals surface area contributed by atoms with E-state index in [0.717, 1.165) is 13.0 Å². The maximum absolute atomic E-state index is 11.7. The van der Waals surface area contributed by atoms with Crippen molar-refractivity contribution in [3.8, 4) is 0 Å². The molecule has 0 aliphatic rings. The molecule has 1 amide bonds. The van der Waals surface area contributed by atoms with Crippen LogP contribution in [0.1, 0.15) is 11.8 Å². The number of hydrogen-bond acceptors (Lipinski definition) is 2. The number of nitrogens with zero attached hydrogens (tertiary/aromatic N) is 1. The van der Waals surface area contributed by atoms with Crippen molar-refractivity contribution in [1.82, 2.24) is 4.90 Å². The molecule has 2 nitrogen and oxygen atoms in total. The third-order valence-electron chi connectivity index (χ3n) is 2.30. The summed E-state index contributed by atoms with van der Waals surface area (Å²) in [4.78, 5) is 14.7. The number of halogens is 1. The highest BCUT2D eigenvalue weighted by molar-refractivity contribution is 7.09. The first-order valence-corrected chi connectivity index (χ1v) is 6.40. The number of likely N-dealkylation sites (N-methyl/N-ethyl adjacent to an activating group) is 1. The summed E-state index contributed by atoms with van der Waals surface area (Å²) in [5.41, 5.74) is 0. The van der Waals surface area contributed by atoms with Crippen LogP contribution in [0.2, 0.25) is 0 Å². The van der Waals surface area contributed by atoms with Gasteiger partial charge in [-0.25, -0.2) is 0 Å². The van der Waals surface area contributed by atoms with Crippen molar-refractivity contribution in [3.63, 3.8) is 0 Å². The Morgan fingerprint density at radius 1 is 1.67 bits per heavy atom. The van der Waals surface area contributed by atoms with Gasteiger partial charge in [-0.1, -0.05) is 13.0 Å². The van der Waals surface area contributed by atoms with Gasteiger partial charge < -0.3 is 4.90 Å². The molecule has 1 heterocycles. The molecule has 84 valence electrons. The molecule has 15 heavy (non-hydrogen) atoms. The van der Waals surface area contributed by atoms with Crippen molar-refractivity contribution < 1.29 is 4.79 Å². The molecule has 0 N–H and O–H groups in total. The zero-order valence-electron chi connectivity index (χ0n) is 9.07. The van der Waals surface area contributed by atoms with Gasteiger partial charge in [0.1, 0.15) is 0 Å². The van der Waals surface area contributed by atoms with E-state index in [1.165, 1.54) is 4.88 Å². The molecule has 4 heteroatoms. The Bertz CT molecular complexity index is 300. The third-order valence-corrected chi connectivity index (χ3v) is 3.70. The number of carbonyl (C=O) groups is 1. The highest BCUT2D eigenvalue weighted by atomic mass is 35.5. The average Bonchev–Trinajstić information content (AvgIpc) is 2.76. The number of amides is 1. The normalized spacial score (nSPS) is 12.5. The van der Waals surface area contributed by atoms with E-state index in [-0.39, 0.29) is 11.8 Å². The SMILES string of the molecule is CC(CCl)C(=O)N(C)CCc1cccs1. The molecule has 1 aromatic rings. The molecule has 1 atom stereocenters. The molecule has 0 bridgehead atoms. The predicted molar refractivity (Wildman–Crippen MR) is 65.5 cm³/mol. The fraction of sp³-hybridized carbons (Fsp3) is 0.545. The van der Waals surface area contributed by atoms with Gasteiger partial charge in [0.05, 0.1) is 0 Å². The fourth-order valence-corrected chi connectivity index (χ4v) is 2.12. The predicted octanol–water partition coefficient (Wildman–Crippen LogP) is 2.62. The molecule has 0 aliphatic carbocycles. The fourth-order valence-electron chi connectivity index (χ4n) is 1.29. The molecule has 0 radical (unpaired) electrons. The van der Waals surface area contributed by atoms with Gasteiger partial charge >= 0.3 is 0 Å². The van der Waals surface area contributed by atoms with Crippen LogP contribution in [0.5, 0.6) is 0 Å². The Hall–Kier alpha value is -0.540. The molecular formula is C11H16ClNOS. The van der Waals surface area contributed by atoms with Crippen molar-refractivity contribution in [2.24, 2.45) is 5.92 Å². The molecule has 0 aromatic carbocycles. The van der Waals surface area contributed by atoms with E-state index in [1.54, 1.807) is 16.2 Å². The van der Waals surface area contributed by atoms with Crippen LogP contribution in [-0.2, 0) is 11.2 Å². The Balaban J connectivity index is 2.35. The van der Waals surface area contributed by atoms with Crippen LogP contribution in [-0.4, -0.2) is 30.3 Å². The summed E-state index contributed by atoms with van der Waals surface area (Å²) in [5.74, 6) is 0.434. The molecule has 0 spiro atoms. The lowest BCUT2D eigenvalue weighted by Crippen LogP contribution is -2.33. The standard InChI is InChI=1S/C11H16ClNOS/c1-9(8-12)11(14)13(2)6-5-10-4-3-7-15-10/h3-4,7,9H,5-6,8H2,1-2H3. The van der Waals surface area contributed by atoms with Crippen LogP contribution in [0.4, 0.5) is 0 Å². The highest BCUT2D eigenvalue weighted by Gasteiger charge is 2.15. The lowest BCUT2D eigenvalue weighted by Gasteiger charge is -2.19. The van der Waals surface area contributed by atoms with Crippen LogP contribution < -0.4 is 0 Å². The van der Waals surface area contributed by atoms with Crippen LogP contribution >= 0.6 is 22.9 Å². The van der Waals surface area contributed by atoms with E-state index in [0.29, 0.717) is 5.88 Å². The summed E-state index contributed by atoms with van der Waals surface area (Å²) >= 11 is 7.37. The van der Waals surface area contributed by atoms with Crippen molar-refractivity contribution in [2.75, 3.05) is 19.5 Å². The molecule has 0 aliphatic heterocycles. The van der Waals surface area contributed by atoms with Gasteiger partial charge in [-0.2, -0.15) is 0 Å². The monoisotopic (exact) mass is 245 g/mol. The van der Waals surface area contributed by atoms with Crippen molar-refractivity contribution in [1.29, 1.82) is 0 Å². The minimum absolute atomic E-state index is 0.0833. The summed E-state index contributed by atoms with van der Waals surface area (Å²) < 4.78 is 0. The average molecular weight is 246 g/mol. The minimum Gasteiger partial charge on any atom is -0.345 e. The van der Waals surface area contributed by atoms with Crippen molar-refractivity contribution >= 4 is 28.8 Å². The Labute approximate surface area is 99.9 Å². The largest absolute Gasteiger partial charge is 0.345 e. The molecule has 1 unspecified atom stereocenters. The Morgan fingerprint density at radius 2 is 2.40 bits per heavy atom. The smallest absolute Gasteiger partial charge is 0.226 e. The second kappa shape index (κ2) is 6.13. The molecule has 0 saturated carbocycles. The van der Waals surface area contributed by atoms with E-state index in [4.69, 9.17) is 11.6 Å². The first-order valence-electron chi connectivity index (χ1n) is 4.98. The lowest BCUT2D eigenvalue weighted by atomic mass is 10.2. The van der Waals surface area contributed by atoms with Crippen molar-refractivity contribution in [2.45, 2.75) is 13.3 Å². The zero-order valence-corrected chi connectivity index (χ0v) is 10.6. The molecule has 1 aromatic heterocycles. The third kappa shape index (κ3) is 3.84. The number of carbonyl (C=O) groups excluding carboxylic acids is 1. The summed E-state index contributed by atoms with van der Waals surface area (Å²) in [6.45, 7) is 2.62. The van der Waals surface area contributed by atoms with Gasteiger partial charge in [0.2, 0.25) is 5.91 Å². The number of alkyl halides is 1. The first kappa shape index (κ1) is 12.5. The Morgan fingerprint density at radius 3 is 2.93 bits per heavy atom. The molecule has 0 fully saturated rings. The minimum atomic E-state index is -0.0833. The quantitative estimate of drug-likeness (QED) is 0.731. The first-order chi connectivity index (χ1) is 7.15. The van der Waals surface area contributed by atoms with Crippen LogP contribution in [0.3, 0.4) is 0 Å². The van der Waals surface area contributed by atoms with Gasteiger partial charge in [-0.15, -0.1) is 22.9 Å². The Kier molecular flexibility index (Phi) is 5.12. The van der Waals surface area contributed by atoms with Crippen LogP contribution in [0.15, 0.2) is 17.5 Å². The number of hydrogen-bond donors (Lipinski definition) is 0. The van der Waals surface area contributed by atoms with Gasteiger partial charge in [-0.3, -0.25) is 4.79 Å². The number of thiophene rings is 1.